The first kappa shape index (κ1) is 18.9. The van der Waals surface area contributed by atoms with Gasteiger partial charge in [0.25, 0.3) is 0 Å². The van der Waals surface area contributed by atoms with Crippen LogP contribution in [0.1, 0.15) is 47.5 Å². The van der Waals surface area contributed by atoms with Gasteiger partial charge in [-0.05, 0) is 25.7 Å². The fraction of sp³-hybridized carbons (Fsp3) is 0.867. The average molecular weight is 285 g/mol. The van der Waals surface area contributed by atoms with Gasteiger partial charge in [-0.25, -0.2) is 0 Å². The fourth-order valence-corrected chi connectivity index (χ4v) is 2.19. The zero-order valence-corrected chi connectivity index (χ0v) is 13.7. The number of carbonyl (C=O) groups excluding carboxylic acids is 2. The molecule has 0 heterocycles. The fourth-order valence-electron chi connectivity index (χ4n) is 2.19. The van der Waals surface area contributed by atoms with Crippen LogP contribution in [0.25, 0.3) is 0 Å². The lowest BCUT2D eigenvalue weighted by Crippen LogP contribution is -2.39. The summed E-state index contributed by atoms with van der Waals surface area (Å²) in [7, 11) is 0. The highest BCUT2D eigenvalue weighted by Crippen LogP contribution is 2.23. The highest BCUT2D eigenvalue weighted by molar-refractivity contribution is 5.80. The first-order valence-electron chi connectivity index (χ1n) is 7.50. The second-order valence-electron chi connectivity index (χ2n) is 6.30. The Balaban J connectivity index is 4.17. The molecule has 2 amide bonds. The summed E-state index contributed by atoms with van der Waals surface area (Å²) >= 11 is 0. The third kappa shape index (κ3) is 7.48. The Morgan fingerprint density at radius 3 is 2.15 bits per heavy atom. The van der Waals surface area contributed by atoms with Gasteiger partial charge in [-0.3, -0.25) is 9.59 Å². The molecule has 0 saturated heterocycles. The topological polar surface area (TPSA) is 75.4 Å². The first-order chi connectivity index (χ1) is 9.25. The van der Waals surface area contributed by atoms with E-state index >= 15 is 0 Å². The minimum atomic E-state index is -0.182. The van der Waals surface area contributed by atoms with Crippen LogP contribution in [0, 0.1) is 11.3 Å². The van der Waals surface area contributed by atoms with Crippen LogP contribution < -0.4 is 11.1 Å². The van der Waals surface area contributed by atoms with Gasteiger partial charge in [0.15, 0.2) is 0 Å². The van der Waals surface area contributed by atoms with Crippen LogP contribution in [0.5, 0.6) is 0 Å². The Hall–Kier alpha value is -1.10. The summed E-state index contributed by atoms with van der Waals surface area (Å²) in [5.41, 5.74) is 5.74. The maximum atomic E-state index is 12.0. The molecule has 1 atom stereocenters. The smallest absolute Gasteiger partial charge is 0.224 e. The lowest BCUT2D eigenvalue weighted by molar-refractivity contribution is -0.131. The van der Waals surface area contributed by atoms with E-state index in [1.807, 2.05) is 13.8 Å². The number of amides is 2. The molecular weight excluding hydrogens is 254 g/mol. The molecule has 0 aromatic carbocycles. The second-order valence-corrected chi connectivity index (χ2v) is 6.30. The van der Waals surface area contributed by atoms with Crippen molar-refractivity contribution in [1.82, 2.24) is 10.2 Å². The molecule has 0 spiro atoms. The van der Waals surface area contributed by atoms with Gasteiger partial charge in [-0.2, -0.15) is 0 Å². The van der Waals surface area contributed by atoms with Crippen molar-refractivity contribution in [2.75, 3.05) is 26.2 Å². The highest BCUT2D eigenvalue weighted by Gasteiger charge is 2.23. The standard InChI is InChI=1S/C15H31N3O2/c1-6-18(7-2)13(19)8-9-17-14(20)12(11-16)10-15(3,4)5/h12H,6-11,16H2,1-5H3,(H,17,20). The summed E-state index contributed by atoms with van der Waals surface area (Å²) < 4.78 is 0. The van der Waals surface area contributed by atoms with E-state index in [4.69, 9.17) is 5.73 Å². The minimum Gasteiger partial charge on any atom is -0.355 e. The monoisotopic (exact) mass is 285 g/mol. The largest absolute Gasteiger partial charge is 0.355 e. The van der Waals surface area contributed by atoms with Crippen molar-refractivity contribution < 1.29 is 9.59 Å². The Morgan fingerprint density at radius 2 is 1.75 bits per heavy atom. The zero-order valence-electron chi connectivity index (χ0n) is 13.7. The van der Waals surface area contributed by atoms with E-state index in [0.29, 0.717) is 32.6 Å². The van der Waals surface area contributed by atoms with Crippen LogP contribution in [-0.4, -0.2) is 42.9 Å². The van der Waals surface area contributed by atoms with Crippen LogP contribution >= 0.6 is 0 Å². The molecule has 3 N–H and O–H groups in total. The molecule has 0 bridgehead atoms. The summed E-state index contributed by atoms with van der Waals surface area (Å²) in [5, 5.41) is 2.82. The maximum Gasteiger partial charge on any atom is 0.224 e. The van der Waals surface area contributed by atoms with Crippen molar-refractivity contribution in [3.63, 3.8) is 0 Å². The van der Waals surface area contributed by atoms with E-state index in [1.54, 1.807) is 4.90 Å². The van der Waals surface area contributed by atoms with Gasteiger partial charge in [0.1, 0.15) is 0 Å². The third-order valence-corrected chi connectivity index (χ3v) is 3.27. The number of nitrogens with two attached hydrogens (primary N) is 1. The molecule has 1 unspecified atom stereocenters. The number of nitrogens with zero attached hydrogens (tertiary/aromatic N) is 1. The van der Waals surface area contributed by atoms with Gasteiger partial charge >= 0.3 is 0 Å². The summed E-state index contributed by atoms with van der Waals surface area (Å²) in [6.07, 6.45) is 1.10. The lowest BCUT2D eigenvalue weighted by Gasteiger charge is -2.24. The summed E-state index contributed by atoms with van der Waals surface area (Å²) in [6.45, 7) is 12.3. The summed E-state index contributed by atoms with van der Waals surface area (Å²) in [5.74, 6) is -0.149. The van der Waals surface area contributed by atoms with E-state index in [1.165, 1.54) is 0 Å². The Morgan fingerprint density at radius 1 is 1.20 bits per heavy atom. The highest BCUT2D eigenvalue weighted by atomic mass is 16.2. The van der Waals surface area contributed by atoms with Crippen molar-refractivity contribution in [1.29, 1.82) is 0 Å². The molecular formula is C15H31N3O2. The van der Waals surface area contributed by atoms with Gasteiger partial charge in [-0.15, -0.1) is 0 Å². The number of nitrogens with one attached hydrogen (secondary N) is 1. The molecule has 5 heteroatoms. The molecule has 0 aromatic rings. The summed E-state index contributed by atoms with van der Waals surface area (Å²) in [4.78, 5) is 25.6. The molecule has 118 valence electrons. The van der Waals surface area contributed by atoms with E-state index in [0.717, 1.165) is 6.42 Å². The predicted molar refractivity (Wildman–Crippen MR) is 82.2 cm³/mol. The van der Waals surface area contributed by atoms with Crippen molar-refractivity contribution in [2.24, 2.45) is 17.1 Å². The van der Waals surface area contributed by atoms with Crippen LogP contribution in [0.2, 0.25) is 0 Å². The molecule has 0 radical (unpaired) electrons. The first-order valence-corrected chi connectivity index (χ1v) is 7.50. The number of hydrogen-bond donors (Lipinski definition) is 2. The Kier molecular flexibility index (Phi) is 8.46. The number of carbonyl (C=O) groups is 2. The van der Waals surface area contributed by atoms with Gasteiger partial charge < -0.3 is 16.0 Å². The molecule has 0 aromatic heterocycles. The minimum absolute atomic E-state index is 0.0465. The average Bonchev–Trinajstić information content (AvgIpc) is 2.36. The summed E-state index contributed by atoms with van der Waals surface area (Å²) in [6, 6.07) is 0. The molecule has 0 aliphatic heterocycles. The Bertz CT molecular complexity index is 307. The van der Waals surface area contributed by atoms with E-state index < -0.39 is 0 Å². The molecule has 0 saturated carbocycles. The van der Waals surface area contributed by atoms with Crippen LogP contribution in [0.15, 0.2) is 0 Å². The quantitative estimate of drug-likeness (QED) is 0.707. The van der Waals surface area contributed by atoms with Crippen molar-refractivity contribution >= 4 is 11.8 Å². The number of rotatable bonds is 8. The predicted octanol–water partition coefficient (Wildman–Crippen LogP) is 1.37. The molecule has 5 nitrogen and oxygen atoms in total. The number of hydrogen-bond acceptors (Lipinski definition) is 3. The van der Waals surface area contributed by atoms with Gasteiger partial charge in [0.05, 0.1) is 5.92 Å². The third-order valence-electron chi connectivity index (χ3n) is 3.27. The zero-order chi connectivity index (χ0) is 15.8. The van der Waals surface area contributed by atoms with Gasteiger partial charge in [-0.1, -0.05) is 20.8 Å². The van der Waals surface area contributed by atoms with Crippen molar-refractivity contribution in [2.45, 2.75) is 47.5 Å². The molecule has 20 heavy (non-hydrogen) atoms. The van der Waals surface area contributed by atoms with Gasteiger partial charge in [0, 0.05) is 32.6 Å². The van der Waals surface area contributed by atoms with E-state index in [-0.39, 0.29) is 23.1 Å². The molecule has 0 aliphatic rings. The molecule has 0 fully saturated rings. The normalized spacial score (nSPS) is 12.9. The van der Waals surface area contributed by atoms with Gasteiger partial charge in [0.2, 0.25) is 11.8 Å². The SMILES string of the molecule is CCN(CC)C(=O)CCNC(=O)C(CN)CC(C)(C)C. The molecule has 0 rings (SSSR count). The van der Waals surface area contributed by atoms with Crippen LogP contribution in [0.4, 0.5) is 0 Å². The molecule has 0 aliphatic carbocycles. The van der Waals surface area contributed by atoms with E-state index in [2.05, 4.69) is 26.1 Å². The van der Waals surface area contributed by atoms with Crippen molar-refractivity contribution in [3.05, 3.63) is 0 Å². The second kappa shape index (κ2) is 8.95. The lowest BCUT2D eigenvalue weighted by atomic mass is 9.84. The van der Waals surface area contributed by atoms with Crippen LogP contribution in [0.3, 0.4) is 0 Å². The maximum absolute atomic E-state index is 12.0. The Labute approximate surface area is 123 Å². The van der Waals surface area contributed by atoms with E-state index in [9.17, 15) is 9.59 Å². The van der Waals surface area contributed by atoms with Crippen LogP contribution in [-0.2, 0) is 9.59 Å². The van der Waals surface area contributed by atoms with Crippen molar-refractivity contribution in [3.8, 4) is 0 Å².